The third kappa shape index (κ3) is 9.75. The highest BCUT2D eigenvalue weighted by Crippen LogP contribution is 2.26. The molecule has 0 fully saturated rings. The van der Waals surface area contributed by atoms with E-state index in [2.05, 4.69) is 17.5 Å². The smallest absolute Gasteiger partial charge is 0.240 e. The summed E-state index contributed by atoms with van der Waals surface area (Å²) in [5.41, 5.74) is 3.30. The zero-order valence-corrected chi connectivity index (χ0v) is 15.6. The summed E-state index contributed by atoms with van der Waals surface area (Å²) < 4.78 is 5.31. The Morgan fingerprint density at radius 3 is 2.48 bits per heavy atom. The molecule has 0 aliphatic rings. The Morgan fingerprint density at radius 1 is 1.12 bits per heavy atom. The van der Waals surface area contributed by atoms with Crippen molar-refractivity contribution < 1.29 is 14.6 Å². The minimum atomic E-state index is -0.0638. The fourth-order valence-corrected chi connectivity index (χ4v) is 2.54. The van der Waals surface area contributed by atoms with Crippen LogP contribution in [0.1, 0.15) is 77.2 Å². The molecule has 1 aromatic carbocycles. The summed E-state index contributed by atoms with van der Waals surface area (Å²) in [6.07, 6.45) is 11.8. The Morgan fingerprint density at radius 2 is 1.80 bits per heavy atom. The van der Waals surface area contributed by atoms with Crippen molar-refractivity contribution in [1.29, 1.82) is 0 Å². The summed E-state index contributed by atoms with van der Waals surface area (Å²) in [6.45, 7) is 4.55. The van der Waals surface area contributed by atoms with Gasteiger partial charge < -0.3 is 9.84 Å². The van der Waals surface area contributed by atoms with Gasteiger partial charge in [-0.3, -0.25) is 4.79 Å². The van der Waals surface area contributed by atoms with Crippen molar-refractivity contribution in [2.24, 2.45) is 5.10 Å². The molecule has 0 bridgehead atoms. The number of aromatic hydroxyl groups is 1. The Kier molecular flexibility index (Phi) is 11.2. The lowest BCUT2D eigenvalue weighted by Gasteiger charge is -2.06. The van der Waals surface area contributed by atoms with Gasteiger partial charge in [0.05, 0.1) is 12.8 Å². The van der Waals surface area contributed by atoms with Crippen molar-refractivity contribution in [3.63, 3.8) is 0 Å². The van der Waals surface area contributed by atoms with Crippen LogP contribution in [-0.4, -0.2) is 23.8 Å². The van der Waals surface area contributed by atoms with Gasteiger partial charge in [-0.1, -0.05) is 51.9 Å². The zero-order chi connectivity index (χ0) is 18.3. The topological polar surface area (TPSA) is 70.9 Å². The van der Waals surface area contributed by atoms with Gasteiger partial charge in [-0.15, -0.1) is 0 Å². The maximum atomic E-state index is 11.7. The molecule has 0 aromatic heterocycles. The Balaban J connectivity index is 2.19. The average Bonchev–Trinajstić information content (AvgIpc) is 2.60. The highest BCUT2D eigenvalue weighted by atomic mass is 16.5. The minimum Gasteiger partial charge on any atom is -0.504 e. The molecule has 0 unspecified atom stereocenters. The number of amides is 1. The maximum absolute atomic E-state index is 11.7. The molecule has 25 heavy (non-hydrogen) atoms. The summed E-state index contributed by atoms with van der Waals surface area (Å²) in [5.74, 6) is 0.445. The lowest BCUT2D eigenvalue weighted by Crippen LogP contribution is -2.16. The van der Waals surface area contributed by atoms with E-state index in [4.69, 9.17) is 4.74 Å². The van der Waals surface area contributed by atoms with Crippen LogP contribution in [0.15, 0.2) is 23.3 Å². The number of nitrogens with zero attached hydrogens (tertiary/aromatic N) is 1. The number of carbonyl (C=O) groups excluding carboxylic acids is 1. The number of phenols is 1. The zero-order valence-electron chi connectivity index (χ0n) is 15.6. The van der Waals surface area contributed by atoms with E-state index in [0.717, 1.165) is 18.4 Å². The molecule has 0 aliphatic carbocycles. The Bertz CT molecular complexity index is 530. The summed E-state index contributed by atoms with van der Waals surface area (Å²) in [4.78, 5) is 11.7. The van der Waals surface area contributed by atoms with Crippen LogP contribution in [0.4, 0.5) is 0 Å². The van der Waals surface area contributed by atoms with Crippen molar-refractivity contribution in [2.45, 2.75) is 71.6 Å². The molecule has 1 rings (SSSR count). The van der Waals surface area contributed by atoms with E-state index in [1.54, 1.807) is 24.4 Å². The molecule has 0 spiro atoms. The average molecular weight is 348 g/mol. The molecule has 0 atom stereocenters. The first-order chi connectivity index (χ1) is 12.2. The van der Waals surface area contributed by atoms with Gasteiger partial charge in [0, 0.05) is 6.42 Å². The van der Waals surface area contributed by atoms with Gasteiger partial charge in [0.1, 0.15) is 0 Å². The van der Waals surface area contributed by atoms with E-state index in [0.29, 0.717) is 18.8 Å². The molecule has 2 N–H and O–H groups in total. The fraction of sp³-hybridized carbons (Fsp3) is 0.600. The summed E-state index contributed by atoms with van der Waals surface area (Å²) >= 11 is 0. The van der Waals surface area contributed by atoms with E-state index in [1.807, 2.05) is 6.92 Å². The molecule has 1 aromatic rings. The molecule has 0 heterocycles. The van der Waals surface area contributed by atoms with Crippen molar-refractivity contribution in [3.8, 4) is 11.5 Å². The SMILES string of the molecule is CCCCCCCCCCC(=O)N/N=C/c1ccc(O)c(OCC)c1. The van der Waals surface area contributed by atoms with Crippen LogP contribution in [0.25, 0.3) is 0 Å². The van der Waals surface area contributed by atoms with Gasteiger partial charge in [0.2, 0.25) is 5.91 Å². The largest absolute Gasteiger partial charge is 0.504 e. The summed E-state index contributed by atoms with van der Waals surface area (Å²) in [5, 5.41) is 13.6. The van der Waals surface area contributed by atoms with Crippen LogP contribution in [0.5, 0.6) is 11.5 Å². The van der Waals surface area contributed by atoms with Crippen LogP contribution < -0.4 is 10.2 Å². The molecule has 140 valence electrons. The number of carbonyl (C=O) groups is 1. The van der Waals surface area contributed by atoms with E-state index in [9.17, 15) is 9.90 Å². The van der Waals surface area contributed by atoms with Crippen LogP contribution in [0.2, 0.25) is 0 Å². The molecule has 0 aliphatic heterocycles. The number of unbranched alkanes of at least 4 members (excludes halogenated alkanes) is 7. The van der Waals surface area contributed by atoms with E-state index >= 15 is 0 Å². The van der Waals surface area contributed by atoms with Crippen LogP contribution in [0, 0.1) is 0 Å². The van der Waals surface area contributed by atoms with Gasteiger partial charge in [-0.05, 0) is 37.1 Å². The number of ether oxygens (including phenoxy) is 1. The number of benzene rings is 1. The maximum Gasteiger partial charge on any atom is 0.240 e. The first kappa shape index (κ1) is 21.0. The number of nitrogens with one attached hydrogen (secondary N) is 1. The van der Waals surface area contributed by atoms with Gasteiger partial charge in [-0.25, -0.2) is 5.43 Å². The quantitative estimate of drug-likeness (QED) is 0.306. The molecule has 5 heteroatoms. The second-order valence-corrected chi connectivity index (χ2v) is 6.18. The number of hydrazone groups is 1. The van der Waals surface area contributed by atoms with Crippen molar-refractivity contribution in [1.82, 2.24) is 5.43 Å². The fourth-order valence-electron chi connectivity index (χ4n) is 2.54. The molecular weight excluding hydrogens is 316 g/mol. The van der Waals surface area contributed by atoms with Gasteiger partial charge in [-0.2, -0.15) is 5.10 Å². The van der Waals surface area contributed by atoms with Crippen LogP contribution >= 0.6 is 0 Å². The first-order valence-electron chi connectivity index (χ1n) is 9.45. The summed E-state index contributed by atoms with van der Waals surface area (Å²) in [6, 6.07) is 4.95. The third-order valence-electron chi connectivity index (χ3n) is 3.94. The molecule has 1 amide bonds. The Labute approximate surface area is 151 Å². The predicted molar refractivity (Wildman–Crippen MR) is 102 cm³/mol. The van der Waals surface area contributed by atoms with E-state index in [1.165, 1.54) is 38.5 Å². The third-order valence-corrected chi connectivity index (χ3v) is 3.94. The van der Waals surface area contributed by atoms with Gasteiger partial charge >= 0.3 is 0 Å². The molecule has 0 saturated heterocycles. The molecule has 0 saturated carbocycles. The lowest BCUT2D eigenvalue weighted by molar-refractivity contribution is -0.121. The van der Waals surface area contributed by atoms with Gasteiger partial charge in [0.15, 0.2) is 11.5 Å². The number of hydrogen-bond acceptors (Lipinski definition) is 4. The van der Waals surface area contributed by atoms with Gasteiger partial charge in [0.25, 0.3) is 0 Å². The highest BCUT2D eigenvalue weighted by molar-refractivity contribution is 5.83. The number of hydrogen-bond donors (Lipinski definition) is 2. The lowest BCUT2D eigenvalue weighted by atomic mass is 10.1. The predicted octanol–water partition coefficient (Wildman–Crippen LogP) is 4.77. The van der Waals surface area contributed by atoms with Crippen molar-refractivity contribution >= 4 is 12.1 Å². The molecular formula is C20H32N2O3. The standard InChI is InChI=1S/C20H32N2O3/c1-3-5-6-7-8-9-10-11-12-20(24)22-21-16-17-13-14-18(23)19(15-17)25-4-2/h13-16,23H,3-12H2,1-2H3,(H,22,24)/b21-16+. The van der Waals surface area contributed by atoms with Crippen molar-refractivity contribution in [2.75, 3.05) is 6.61 Å². The monoisotopic (exact) mass is 348 g/mol. The Hall–Kier alpha value is -2.04. The summed E-state index contributed by atoms with van der Waals surface area (Å²) in [7, 11) is 0. The first-order valence-corrected chi connectivity index (χ1v) is 9.45. The second kappa shape index (κ2) is 13.3. The molecule has 0 radical (unpaired) electrons. The van der Waals surface area contributed by atoms with E-state index < -0.39 is 0 Å². The van der Waals surface area contributed by atoms with Crippen molar-refractivity contribution in [3.05, 3.63) is 23.8 Å². The second-order valence-electron chi connectivity index (χ2n) is 6.18. The van der Waals surface area contributed by atoms with E-state index in [-0.39, 0.29) is 11.7 Å². The number of rotatable bonds is 13. The normalized spacial score (nSPS) is 11.0. The van der Waals surface area contributed by atoms with Crippen LogP contribution in [-0.2, 0) is 4.79 Å². The number of phenolic OH excluding ortho intramolecular Hbond substituents is 1. The van der Waals surface area contributed by atoms with Crippen LogP contribution in [0.3, 0.4) is 0 Å². The minimum absolute atomic E-state index is 0.0638. The highest BCUT2D eigenvalue weighted by Gasteiger charge is 2.03. The molecule has 5 nitrogen and oxygen atoms in total.